The molecule has 2 atom stereocenters. The van der Waals surface area contributed by atoms with Crippen molar-refractivity contribution < 1.29 is 9.90 Å². The predicted molar refractivity (Wildman–Crippen MR) is 82.6 cm³/mol. The minimum absolute atomic E-state index is 0.0175. The van der Waals surface area contributed by atoms with Gasteiger partial charge in [0.1, 0.15) is 0 Å². The molecule has 0 radical (unpaired) electrons. The molecule has 2 unspecified atom stereocenters. The Balaban J connectivity index is 2.35. The van der Waals surface area contributed by atoms with Crippen LogP contribution >= 0.6 is 0 Å². The molecule has 0 heterocycles. The van der Waals surface area contributed by atoms with Crippen molar-refractivity contribution >= 4 is 11.6 Å². The summed E-state index contributed by atoms with van der Waals surface area (Å²) in [6.07, 6.45) is 0.378. The van der Waals surface area contributed by atoms with Crippen molar-refractivity contribution in [3.63, 3.8) is 0 Å². The maximum atomic E-state index is 11.9. The van der Waals surface area contributed by atoms with E-state index in [2.05, 4.69) is 10.6 Å². The van der Waals surface area contributed by atoms with Gasteiger partial charge in [0.25, 0.3) is 0 Å². The van der Waals surface area contributed by atoms with E-state index < -0.39 is 5.60 Å². The van der Waals surface area contributed by atoms with Gasteiger partial charge in [-0.3, -0.25) is 4.79 Å². The minimum Gasteiger partial charge on any atom is -0.389 e. The van der Waals surface area contributed by atoms with Gasteiger partial charge in [-0.25, -0.2) is 0 Å². The first-order valence-corrected chi connectivity index (χ1v) is 7.12. The van der Waals surface area contributed by atoms with Crippen molar-refractivity contribution in [3.05, 3.63) is 30.3 Å². The van der Waals surface area contributed by atoms with E-state index in [0.29, 0.717) is 13.0 Å². The second-order valence-electron chi connectivity index (χ2n) is 5.91. The van der Waals surface area contributed by atoms with Gasteiger partial charge in [-0.1, -0.05) is 32.0 Å². The third-order valence-electron chi connectivity index (χ3n) is 3.60. The summed E-state index contributed by atoms with van der Waals surface area (Å²) in [7, 11) is 0. The SMILES string of the molecule is CC(CC(=O)Nc1ccccc1)NCC(C)(O)C(C)C. The zero-order valence-corrected chi connectivity index (χ0v) is 12.8. The van der Waals surface area contributed by atoms with Crippen molar-refractivity contribution in [1.29, 1.82) is 0 Å². The van der Waals surface area contributed by atoms with Gasteiger partial charge in [0.2, 0.25) is 5.91 Å². The van der Waals surface area contributed by atoms with Crippen molar-refractivity contribution in [3.8, 4) is 0 Å². The number of amides is 1. The molecule has 20 heavy (non-hydrogen) atoms. The smallest absolute Gasteiger partial charge is 0.225 e. The van der Waals surface area contributed by atoms with Gasteiger partial charge >= 0.3 is 0 Å². The first kappa shape index (κ1) is 16.7. The molecule has 1 aromatic carbocycles. The Kier molecular flexibility index (Phi) is 6.17. The van der Waals surface area contributed by atoms with Crippen LogP contribution < -0.4 is 10.6 Å². The molecule has 1 amide bonds. The quantitative estimate of drug-likeness (QED) is 0.717. The molecule has 0 spiro atoms. The maximum absolute atomic E-state index is 11.9. The average Bonchev–Trinajstić information content (AvgIpc) is 2.37. The second kappa shape index (κ2) is 7.41. The lowest BCUT2D eigenvalue weighted by molar-refractivity contribution is -0.116. The summed E-state index contributed by atoms with van der Waals surface area (Å²) in [5.74, 6) is 0.140. The zero-order valence-electron chi connectivity index (χ0n) is 12.8. The molecule has 0 aromatic heterocycles. The highest BCUT2D eigenvalue weighted by Crippen LogP contribution is 2.15. The van der Waals surface area contributed by atoms with Gasteiger partial charge in [0.15, 0.2) is 0 Å². The molecule has 4 nitrogen and oxygen atoms in total. The molecule has 0 aliphatic carbocycles. The van der Waals surface area contributed by atoms with E-state index in [1.165, 1.54) is 0 Å². The van der Waals surface area contributed by atoms with Crippen molar-refractivity contribution in [1.82, 2.24) is 5.32 Å². The van der Waals surface area contributed by atoms with E-state index in [4.69, 9.17) is 0 Å². The molecule has 0 bridgehead atoms. The molecular weight excluding hydrogens is 252 g/mol. The largest absolute Gasteiger partial charge is 0.389 e. The summed E-state index contributed by atoms with van der Waals surface area (Å²) in [5, 5.41) is 16.2. The van der Waals surface area contributed by atoms with Crippen LogP contribution in [0.4, 0.5) is 5.69 Å². The summed E-state index contributed by atoms with van der Waals surface area (Å²) in [4.78, 5) is 11.9. The average molecular weight is 278 g/mol. The number of hydrogen-bond acceptors (Lipinski definition) is 3. The Morgan fingerprint density at radius 3 is 2.40 bits per heavy atom. The Morgan fingerprint density at radius 2 is 1.85 bits per heavy atom. The van der Waals surface area contributed by atoms with Gasteiger partial charge in [0, 0.05) is 24.7 Å². The van der Waals surface area contributed by atoms with E-state index in [0.717, 1.165) is 5.69 Å². The number of rotatable bonds is 7. The summed E-state index contributed by atoms with van der Waals surface area (Å²) in [5.41, 5.74) is 0.0448. The van der Waals surface area contributed by atoms with E-state index in [1.807, 2.05) is 51.1 Å². The Hall–Kier alpha value is -1.39. The van der Waals surface area contributed by atoms with E-state index in [9.17, 15) is 9.90 Å². The molecule has 0 aliphatic rings. The van der Waals surface area contributed by atoms with Crippen LogP contribution in [0.1, 0.15) is 34.1 Å². The second-order valence-corrected chi connectivity index (χ2v) is 5.91. The van der Waals surface area contributed by atoms with E-state index in [-0.39, 0.29) is 17.9 Å². The lowest BCUT2D eigenvalue weighted by atomic mass is 9.92. The maximum Gasteiger partial charge on any atom is 0.225 e. The van der Waals surface area contributed by atoms with E-state index >= 15 is 0 Å². The van der Waals surface area contributed by atoms with Crippen LogP contribution in [0.2, 0.25) is 0 Å². The monoisotopic (exact) mass is 278 g/mol. The highest BCUT2D eigenvalue weighted by Gasteiger charge is 2.25. The van der Waals surface area contributed by atoms with Crippen LogP contribution in [-0.2, 0) is 4.79 Å². The highest BCUT2D eigenvalue weighted by molar-refractivity contribution is 5.90. The van der Waals surface area contributed by atoms with Crippen LogP contribution in [0.25, 0.3) is 0 Å². The van der Waals surface area contributed by atoms with Crippen LogP contribution in [-0.4, -0.2) is 29.2 Å². The summed E-state index contributed by atoms with van der Waals surface area (Å²) in [6.45, 7) is 8.19. The summed E-state index contributed by atoms with van der Waals surface area (Å²) >= 11 is 0. The predicted octanol–water partition coefficient (Wildman–Crippen LogP) is 2.40. The lowest BCUT2D eigenvalue weighted by Crippen LogP contribution is -2.45. The van der Waals surface area contributed by atoms with Crippen LogP contribution in [0.5, 0.6) is 0 Å². The van der Waals surface area contributed by atoms with E-state index in [1.54, 1.807) is 6.92 Å². The number of carbonyl (C=O) groups excluding carboxylic acids is 1. The standard InChI is InChI=1S/C16H26N2O2/c1-12(2)16(4,20)11-17-13(3)10-15(19)18-14-8-6-5-7-9-14/h5-9,12-13,17,20H,10-11H2,1-4H3,(H,18,19). The van der Waals surface area contributed by atoms with Crippen LogP contribution in [0.15, 0.2) is 30.3 Å². The third-order valence-corrected chi connectivity index (χ3v) is 3.60. The summed E-state index contributed by atoms with van der Waals surface area (Å²) in [6, 6.07) is 9.42. The number of aliphatic hydroxyl groups is 1. The molecule has 0 saturated carbocycles. The Labute approximate surface area is 121 Å². The number of anilines is 1. The molecule has 112 valence electrons. The first-order chi connectivity index (χ1) is 9.31. The van der Waals surface area contributed by atoms with Crippen molar-refractivity contribution in [2.75, 3.05) is 11.9 Å². The van der Waals surface area contributed by atoms with Gasteiger partial charge < -0.3 is 15.7 Å². The molecule has 0 aliphatic heterocycles. The van der Waals surface area contributed by atoms with Crippen LogP contribution in [0.3, 0.4) is 0 Å². The number of para-hydroxylation sites is 1. The minimum atomic E-state index is -0.760. The fourth-order valence-electron chi connectivity index (χ4n) is 1.67. The molecule has 1 aromatic rings. The first-order valence-electron chi connectivity index (χ1n) is 7.12. The van der Waals surface area contributed by atoms with Gasteiger partial charge in [-0.15, -0.1) is 0 Å². The van der Waals surface area contributed by atoms with Gasteiger partial charge in [-0.2, -0.15) is 0 Å². The van der Waals surface area contributed by atoms with Gasteiger partial charge in [0.05, 0.1) is 5.60 Å². The lowest BCUT2D eigenvalue weighted by Gasteiger charge is -2.29. The number of nitrogens with one attached hydrogen (secondary N) is 2. The zero-order chi connectivity index (χ0) is 15.2. The molecule has 0 saturated heterocycles. The topological polar surface area (TPSA) is 61.4 Å². The molecule has 3 N–H and O–H groups in total. The van der Waals surface area contributed by atoms with Crippen LogP contribution in [0, 0.1) is 5.92 Å². The molecule has 4 heteroatoms. The number of benzene rings is 1. The Bertz CT molecular complexity index is 416. The number of hydrogen-bond donors (Lipinski definition) is 3. The highest BCUT2D eigenvalue weighted by atomic mass is 16.3. The van der Waals surface area contributed by atoms with Gasteiger partial charge in [-0.05, 0) is 31.9 Å². The molecule has 1 rings (SSSR count). The van der Waals surface area contributed by atoms with Crippen molar-refractivity contribution in [2.45, 2.75) is 45.8 Å². The Morgan fingerprint density at radius 1 is 1.25 bits per heavy atom. The summed E-state index contributed by atoms with van der Waals surface area (Å²) < 4.78 is 0. The normalized spacial score (nSPS) is 15.7. The van der Waals surface area contributed by atoms with Crippen molar-refractivity contribution in [2.24, 2.45) is 5.92 Å². The third kappa shape index (κ3) is 5.72. The molecule has 0 fully saturated rings. The molecular formula is C16H26N2O2. The fraction of sp³-hybridized carbons (Fsp3) is 0.562. The number of carbonyl (C=O) groups is 1. The fourth-order valence-corrected chi connectivity index (χ4v) is 1.67.